The first-order valence-corrected chi connectivity index (χ1v) is 18.8. The Morgan fingerprint density at radius 1 is 0.961 bits per heavy atom. The van der Waals surface area contributed by atoms with Crippen LogP contribution in [0.5, 0.6) is 11.5 Å². The third-order valence-corrected chi connectivity index (χ3v) is 10.4. The number of carbonyl (C=O) groups is 4. The zero-order valence-electron chi connectivity index (χ0n) is 30.3. The molecule has 14 nitrogen and oxygen atoms in total. The van der Waals surface area contributed by atoms with E-state index in [0.29, 0.717) is 35.6 Å². The maximum absolute atomic E-state index is 13.9. The molecule has 0 aromatic heterocycles. The normalized spacial score (nSPS) is 23.0. The molecule has 0 spiro atoms. The van der Waals surface area contributed by atoms with E-state index in [4.69, 9.17) is 9.47 Å². The van der Waals surface area contributed by atoms with Gasteiger partial charge in [0.1, 0.15) is 36.2 Å². The van der Waals surface area contributed by atoms with Crippen molar-refractivity contribution in [2.75, 3.05) is 40.9 Å². The van der Waals surface area contributed by atoms with Crippen LogP contribution < -0.4 is 30.1 Å². The highest BCUT2D eigenvalue weighted by Crippen LogP contribution is 2.30. The molecule has 1 aliphatic carbocycles. The summed E-state index contributed by atoms with van der Waals surface area (Å²) in [7, 11) is 0.155. The smallest absolute Gasteiger partial charge is 0.279 e. The molecule has 2 bridgehead atoms. The summed E-state index contributed by atoms with van der Waals surface area (Å²) in [5.41, 5.74) is 1.32. The summed E-state index contributed by atoms with van der Waals surface area (Å²) in [6.45, 7) is 6.02. The Morgan fingerprint density at radius 3 is 2.22 bits per heavy atom. The van der Waals surface area contributed by atoms with Crippen molar-refractivity contribution in [3.05, 3.63) is 59.7 Å². The second kappa shape index (κ2) is 17.8. The predicted octanol–water partition coefficient (Wildman–Crippen LogP) is 1.40. The summed E-state index contributed by atoms with van der Waals surface area (Å²) >= 11 is 0. The highest BCUT2D eigenvalue weighted by Gasteiger charge is 2.34. The minimum atomic E-state index is -4.07. The van der Waals surface area contributed by atoms with Gasteiger partial charge in [-0.15, -0.1) is 0 Å². The Labute approximate surface area is 301 Å². The lowest BCUT2D eigenvalue weighted by Gasteiger charge is -2.29. The number of nitrogens with one attached hydrogen (secondary N) is 4. The first-order chi connectivity index (χ1) is 24.1. The fraction of sp³-hybridized carbons (Fsp3) is 0.556. The lowest BCUT2D eigenvalue weighted by molar-refractivity contribution is -0.140. The van der Waals surface area contributed by atoms with E-state index in [1.807, 2.05) is 13.8 Å². The lowest BCUT2D eigenvalue weighted by atomic mass is 10.0. The molecule has 1 saturated carbocycles. The molecular formula is C36H52N6O8S. The van der Waals surface area contributed by atoms with Crippen LogP contribution in [-0.2, 0) is 42.2 Å². The number of ether oxygens (including phenoxy) is 2. The Hall–Kier alpha value is -4.21. The lowest BCUT2D eigenvalue weighted by Crippen LogP contribution is -2.58. The first kappa shape index (κ1) is 39.6. The molecule has 2 aliphatic heterocycles. The van der Waals surface area contributed by atoms with Gasteiger partial charge in [0.15, 0.2) is 0 Å². The predicted molar refractivity (Wildman–Crippen MR) is 192 cm³/mol. The monoisotopic (exact) mass is 728 g/mol. The number of hydrogen-bond donors (Lipinski definition) is 4. The molecule has 4 amide bonds. The largest absolute Gasteiger partial charge is 0.497 e. The van der Waals surface area contributed by atoms with Gasteiger partial charge in [-0.2, -0.15) is 17.4 Å². The SMILES string of the molecule is COc1ccc(C[C@@H]2NC(=O)[C@@H](NS(=O)(=O)N(C)C)Cc3ccc(cc3)OC[C@H](CC(C)C)NC(=O)CN(CC3CC3)C(=O)[C@@H](C)NC2=O)cc1. The van der Waals surface area contributed by atoms with E-state index in [-0.39, 0.29) is 49.8 Å². The molecule has 0 unspecified atom stereocenters. The minimum absolute atomic E-state index is 0.0346. The third-order valence-electron chi connectivity index (χ3n) is 8.81. The summed E-state index contributed by atoms with van der Waals surface area (Å²) in [6.07, 6.45) is 2.54. The standard InChI is InChI=1S/C36H52N6O8S/c1-23(2)17-28-22-50-30-15-11-26(12-16-30)19-32(40-51(47,48)41(4)5)35(45)39-31(18-25-9-13-29(49-6)14-10-25)34(44)37-24(3)36(46)42(20-27-7-8-27)21-33(43)38-28/h9-16,23-24,27-28,31-32,40H,7-8,17-22H2,1-6H3,(H,37,44)(H,38,43)(H,39,45)/t24-,28+,31+,32+/m1/s1. The first-order valence-electron chi connectivity index (χ1n) is 17.4. The number of carbonyl (C=O) groups excluding carboxylic acids is 4. The quantitative estimate of drug-likeness (QED) is 0.266. The number of fused-ring (bicyclic) bond motifs is 17. The minimum Gasteiger partial charge on any atom is -0.497 e. The number of rotatable bonds is 10. The molecule has 0 radical (unpaired) electrons. The van der Waals surface area contributed by atoms with Crippen LogP contribution in [0.2, 0.25) is 0 Å². The molecule has 5 rings (SSSR count). The fourth-order valence-corrected chi connectivity index (χ4v) is 6.55. The van der Waals surface area contributed by atoms with Gasteiger partial charge in [0.05, 0.1) is 19.7 Å². The van der Waals surface area contributed by atoms with Crippen molar-refractivity contribution >= 4 is 33.8 Å². The second-order valence-electron chi connectivity index (χ2n) is 14.0. The highest BCUT2D eigenvalue weighted by molar-refractivity contribution is 7.87. The Bertz CT molecular complexity index is 1610. The van der Waals surface area contributed by atoms with Crippen LogP contribution in [0.4, 0.5) is 0 Å². The van der Waals surface area contributed by atoms with Crippen molar-refractivity contribution in [1.82, 2.24) is 29.9 Å². The van der Waals surface area contributed by atoms with E-state index < -0.39 is 46.1 Å². The molecule has 0 saturated heterocycles. The number of nitrogens with zero attached hydrogens (tertiary/aromatic N) is 2. The number of benzene rings is 2. The van der Waals surface area contributed by atoms with Crippen LogP contribution in [0.3, 0.4) is 0 Å². The van der Waals surface area contributed by atoms with Gasteiger partial charge in [-0.1, -0.05) is 38.1 Å². The van der Waals surface area contributed by atoms with Crippen LogP contribution in [-0.4, -0.2) is 106 Å². The molecule has 3 aliphatic rings. The van der Waals surface area contributed by atoms with Crippen molar-refractivity contribution in [3.63, 3.8) is 0 Å². The summed E-state index contributed by atoms with van der Waals surface area (Å²) in [6, 6.07) is 10.0. The molecule has 2 aromatic carbocycles. The van der Waals surface area contributed by atoms with Gasteiger partial charge in [0.2, 0.25) is 23.6 Å². The van der Waals surface area contributed by atoms with Gasteiger partial charge in [-0.25, -0.2) is 0 Å². The van der Waals surface area contributed by atoms with Crippen LogP contribution >= 0.6 is 0 Å². The van der Waals surface area contributed by atoms with E-state index in [2.05, 4.69) is 20.7 Å². The Kier molecular flexibility index (Phi) is 13.8. The molecule has 1 fully saturated rings. The van der Waals surface area contributed by atoms with E-state index in [1.165, 1.54) is 26.1 Å². The van der Waals surface area contributed by atoms with Gasteiger partial charge in [-0.05, 0) is 79.8 Å². The molecule has 4 N–H and O–H groups in total. The molecule has 2 aromatic rings. The van der Waals surface area contributed by atoms with Gasteiger partial charge >= 0.3 is 0 Å². The number of methoxy groups -OCH3 is 1. The number of hydrogen-bond acceptors (Lipinski definition) is 8. The molecule has 15 heteroatoms. The Balaban J connectivity index is 1.70. The summed E-state index contributed by atoms with van der Waals surface area (Å²) in [5, 5.41) is 8.53. The molecule has 4 atom stereocenters. The summed E-state index contributed by atoms with van der Waals surface area (Å²) < 4.78 is 40.6. The van der Waals surface area contributed by atoms with Crippen LogP contribution in [0.25, 0.3) is 0 Å². The molecule has 280 valence electrons. The van der Waals surface area contributed by atoms with Crippen molar-refractivity contribution in [2.45, 2.75) is 77.0 Å². The van der Waals surface area contributed by atoms with E-state index in [9.17, 15) is 27.6 Å². The average molecular weight is 729 g/mol. The third kappa shape index (κ3) is 12.2. The molecule has 2 heterocycles. The summed E-state index contributed by atoms with van der Waals surface area (Å²) in [4.78, 5) is 56.5. The maximum Gasteiger partial charge on any atom is 0.279 e. The van der Waals surface area contributed by atoms with E-state index >= 15 is 0 Å². The van der Waals surface area contributed by atoms with Crippen LogP contribution in [0.1, 0.15) is 51.2 Å². The van der Waals surface area contributed by atoms with Gasteiger partial charge in [-0.3, -0.25) is 19.2 Å². The molecular weight excluding hydrogens is 676 g/mol. The Morgan fingerprint density at radius 2 is 1.63 bits per heavy atom. The van der Waals surface area contributed by atoms with Crippen molar-refractivity contribution < 1.29 is 37.1 Å². The van der Waals surface area contributed by atoms with Gasteiger partial charge in [0.25, 0.3) is 10.2 Å². The van der Waals surface area contributed by atoms with E-state index in [0.717, 1.165) is 17.1 Å². The van der Waals surface area contributed by atoms with Gasteiger partial charge < -0.3 is 30.3 Å². The van der Waals surface area contributed by atoms with Crippen LogP contribution in [0.15, 0.2) is 48.5 Å². The highest BCUT2D eigenvalue weighted by atomic mass is 32.2. The zero-order valence-corrected chi connectivity index (χ0v) is 31.1. The average Bonchev–Trinajstić information content (AvgIpc) is 3.90. The zero-order chi connectivity index (χ0) is 37.3. The van der Waals surface area contributed by atoms with Crippen molar-refractivity contribution in [3.8, 4) is 11.5 Å². The topological polar surface area (TPSA) is 175 Å². The number of amides is 4. The van der Waals surface area contributed by atoms with Crippen molar-refractivity contribution in [1.29, 1.82) is 0 Å². The summed E-state index contributed by atoms with van der Waals surface area (Å²) in [5.74, 6) is -0.456. The van der Waals surface area contributed by atoms with Crippen LogP contribution in [0, 0.1) is 11.8 Å². The van der Waals surface area contributed by atoms with E-state index in [1.54, 1.807) is 55.5 Å². The fourth-order valence-electron chi connectivity index (χ4n) is 5.78. The van der Waals surface area contributed by atoms with Crippen molar-refractivity contribution in [2.24, 2.45) is 11.8 Å². The second-order valence-corrected chi connectivity index (χ2v) is 15.9. The molecule has 51 heavy (non-hydrogen) atoms. The van der Waals surface area contributed by atoms with Gasteiger partial charge in [0, 0.05) is 27.1 Å². The maximum atomic E-state index is 13.9.